The Kier molecular flexibility index (Phi) is 3.22. The number of hydrogen-bond donors (Lipinski definition) is 1. The Labute approximate surface area is 98.6 Å². The third kappa shape index (κ3) is 2.08. The number of nitrogens with zero attached hydrogens (tertiary/aromatic N) is 2. The van der Waals surface area contributed by atoms with Crippen molar-refractivity contribution in [1.82, 2.24) is 15.5 Å². The Morgan fingerprint density at radius 3 is 2.81 bits per heavy atom. The first-order valence-electron chi connectivity index (χ1n) is 4.98. The van der Waals surface area contributed by atoms with Gasteiger partial charge in [0, 0.05) is 0 Å². The highest BCUT2D eigenvalue weighted by Gasteiger charge is 2.14. The van der Waals surface area contributed by atoms with Crippen LogP contribution in [0.1, 0.15) is 18.8 Å². The van der Waals surface area contributed by atoms with E-state index in [-0.39, 0.29) is 6.04 Å². The molecule has 0 spiro atoms. The summed E-state index contributed by atoms with van der Waals surface area (Å²) in [5, 5.41) is 7.55. The average Bonchev–Trinajstić information content (AvgIpc) is 2.78. The quantitative estimate of drug-likeness (QED) is 0.892. The minimum atomic E-state index is 0.0555. The van der Waals surface area contributed by atoms with Gasteiger partial charge in [-0.25, -0.2) is 0 Å². The van der Waals surface area contributed by atoms with E-state index in [0.29, 0.717) is 16.7 Å². The lowest BCUT2D eigenvalue weighted by Gasteiger charge is -2.01. The Bertz CT molecular complexity index is 484. The number of benzene rings is 1. The van der Waals surface area contributed by atoms with E-state index in [1.807, 2.05) is 32.2 Å². The van der Waals surface area contributed by atoms with Crippen LogP contribution in [0.25, 0.3) is 11.5 Å². The molecule has 16 heavy (non-hydrogen) atoms. The minimum Gasteiger partial charge on any atom is -0.334 e. The van der Waals surface area contributed by atoms with Crippen LogP contribution in [0.4, 0.5) is 0 Å². The molecular formula is C11H12ClN3O. The van der Waals surface area contributed by atoms with E-state index in [4.69, 9.17) is 16.1 Å². The monoisotopic (exact) mass is 237 g/mol. The zero-order valence-corrected chi connectivity index (χ0v) is 9.82. The van der Waals surface area contributed by atoms with Crippen LogP contribution in [0.15, 0.2) is 28.8 Å². The lowest BCUT2D eigenvalue weighted by Crippen LogP contribution is -2.13. The van der Waals surface area contributed by atoms with E-state index in [9.17, 15) is 0 Å². The number of rotatable bonds is 3. The van der Waals surface area contributed by atoms with Gasteiger partial charge < -0.3 is 9.84 Å². The normalized spacial score (nSPS) is 12.7. The van der Waals surface area contributed by atoms with Gasteiger partial charge in [0.25, 0.3) is 5.89 Å². The van der Waals surface area contributed by atoms with Gasteiger partial charge in [-0.1, -0.05) is 28.9 Å². The fourth-order valence-electron chi connectivity index (χ4n) is 1.28. The Morgan fingerprint density at radius 1 is 1.38 bits per heavy atom. The molecule has 0 bridgehead atoms. The van der Waals surface area contributed by atoms with Crippen molar-refractivity contribution in [2.24, 2.45) is 0 Å². The average molecular weight is 238 g/mol. The molecule has 2 aromatic rings. The van der Waals surface area contributed by atoms with Gasteiger partial charge in [0.15, 0.2) is 5.82 Å². The van der Waals surface area contributed by atoms with Crippen molar-refractivity contribution in [3.05, 3.63) is 35.1 Å². The molecule has 4 nitrogen and oxygen atoms in total. The Balaban J connectivity index is 2.35. The molecule has 1 atom stereocenters. The molecule has 1 N–H and O–H groups in total. The lowest BCUT2D eigenvalue weighted by molar-refractivity contribution is 0.413. The second-order valence-electron chi connectivity index (χ2n) is 3.45. The molecule has 0 amide bonds. The molecule has 0 aliphatic carbocycles. The van der Waals surface area contributed by atoms with Gasteiger partial charge in [-0.2, -0.15) is 4.98 Å². The van der Waals surface area contributed by atoms with Crippen LogP contribution in [0, 0.1) is 0 Å². The van der Waals surface area contributed by atoms with Crippen molar-refractivity contribution in [2.45, 2.75) is 13.0 Å². The number of aromatic nitrogens is 2. The smallest absolute Gasteiger partial charge is 0.259 e. The van der Waals surface area contributed by atoms with Crippen LogP contribution >= 0.6 is 11.6 Å². The molecule has 1 aromatic carbocycles. The second-order valence-corrected chi connectivity index (χ2v) is 3.86. The van der Waals surface area contributed by atoms with E-state index in [2.05, 4.69) is 15.5 Å². The summed E-state index contributed by atoms with van der Waals surface area (Å²) in [6, 6.07) is 7.44. The zero-order chi connectivity index (χ0) is 11.5. The SMILES string of the molecule is CNC(C)c1noc(-c2ccccc2Cl)n1. The summed E-state index contributed by atoms with van der Waals surface area (Å²) in [5.41, 5.74) is 0.756. The Hall–Kier alpha value is -1.39. The Morgan fingerprint density at radius 2 is 2.12 bits per heavy atom. The van der Waals surface area contributed by atoms with Crippen molar-refractivity contribution in [3.8, 4) is 11.5 Å². The molecule has 0 radical (unpaired) electrons. The lowest BCUT2D eigenvalue weighted by atomic mass is 10.2. The van der Waals surface area contributed by atoms with Gasteiger partial charge in [-0.3, -0.25) is 0 Å². The molecule has 2 rings (SSSR count). The van der Waals surface area contributed by atoms with E-state index in [1.165, 1.54) is 0 Å². The summed E-state index contributed by atoms with van der Waals surface area (Å²) in [7, 11) is 1.84. The number of hydrogen-bond acceptors (Lipinski definition) is 4. The summed E-state index contributed by atoms with van der Waals surface area (Å²) in [6.07, 6.45) is 0. The summed E-state index contributed by atoms with van der Waals surface area (Å²) in [4.78, 5) is 4.29. The highest BCUT2D eigenvalue weighted by Crippen LogP contribution is 2.26. The molecule has 0 aliphatic heterocycles. The predicted molar refractivity (Wildman–Crippen MR) is 62.2 cm³/mol. The van der Waals surface area contributed by atoms with Crippen LogP contribution in [0.3, 0.4) is 0 Å². The van der Waals surface area contributed by atoms with Gasteiger partial charge in [-0.15, -0.1) is 0 Å². The van der Waals surface area contributed by atoms with Crippen molar-refractivity contribution in [2.75, 3.05) is 7.05 Å². The van der Waals surface area contributed by atoms with E-state index in [1.54, 1.807) is 6.07 Å². The van der Waals surface area contributed by atoms with Crippen LogP contribution < -0.4 is 5.32 Å². The van der Waals surface area contributed by atoms with E-state index < -0.39 is 0 Å². The zero-order valence-electron chi connectivity index (χ0n) is 9.07. The van der Waals surface area contributed by atoms with Gasteiger partial charge in [0.05, 0.1) is 16.6 Å². The highest BCUT2D eigenvalue weighted by molar-refractivity contribution is 6.33. The molecule has 1 unspecified atom stereocenters. The summed E-state index contributed by atoms with van der Waals surface area (Å²) in [6.45, 7) is 1.96. The predicted octanol–water partition coefficient (Wildman–Crippen LogP) is 2.67. The first-order chi connectivity index (χ1) is 7.72. The maximum Gasteiger partial charge on any atom is 0.259 e. The van der Waals surface area contributed by atoms with Crippen LogP contribution in [0.5, 0.6) is 0 Å². The molecule has 1 heterocycles. The second kappa shape index (κ2) is 4.63. The van der Waals surface area contributed by atoms with Crippen molar-refractivity contribution >= 4 is 11.6 Å². The summed E-state index contributed by atoms with van der Waals surface area (Å²) in [5.74, 6) is 1.07. The molecule has 0 fully saturated rings. The maximum atomic E-state index is 6.04. The largest absolute Gasteiger partial charge is 0.334 e. The van der Waals surface area contributed by atoms with Gasteiger partial charge in [0.2, 0.25) is 0 Å². The molecule has 0 saturated carbocycles. The first kappa shape index (κ1) is 11.1. The topological polar surface area (TPSA) is 51.0 Å². The number of nitrogens with one attached hydrogen (secondary N) is 1. The van der Waals surface area contributed by atoms with Crippen molar-refractivity contribution < 1.29 is 4.52 Å². The molecule has 0 saturated heterocycles. The third-order valence-corrected chi connectivity index (χ3v) is 2.70. The van der Waals surface area contributed by atoms with Gasteiger partial charge in [0.1, 0.15) is 0 Å². The highest BCUT2D eigenvalue weighted by atomic mass is 35.5. The van der Waals surface area contributed by atoms with Gasteiger partial charge >= 0.3 is 0 Å². The third-order valence-electron chi connectivity index (χ3n) is 2.37. The van der Waals surface area contributed by atoms with Crippen molar-refractivity contribution in [3.63, 3.8) is 0 Å². The summed E-state index contributed by atoms with van der Waals surface area (Å²) < 4.78 is 5.17. The number of halogens is 1. The van der Waals surface area contributed by atoms with Crippen LogP contribution in [0.2, 0.25) is 5.02 Å². The standard InChI is InChI=1S/C11H12ClN3O/c1-7(13-2)10-14-11(16-15-10)8-5-3-4-6-9(8)12/h3-7,13H,1-2H3. The first-order valence-corrected chi connectivity index (χ1v) is 5.36. The molecular weight excluding hydrogens is 226 g/mol. The molecule has 84 valence electrons. The molecule has 5 heteroatoms. The van der Waals surface area contributed by atoms with Crippen molar-refractivity contribution in [1.29, 1.82) is 0 Å². The van der Waals surface area contributed by atoms with Crippen LogP contribution in [-0.4, -0.2) is 17.2 Å². The van der Waals surface area contributed by atoms with E-state index in [0.717, 1.165) is 5.56 Å². The minimum absolute atomic E-state index is 0.0555. The van der Waals surface area contributed by atoms with Gasteiger partial charge in [-0.05, 0) is 26.1 Å². The fourth-order valence-corrected chi connectivity index (χ4v) is 1.50. The fraction of sp³-hybridized carbons (Fsp3) is 0.273. The molecule has 0 aliphatic rings. The van der Waals surface area contributed by atoms with Crippen LogP contribution in [-0.2, 0) is 0 Å². The van der Waals surface area contributed by atoms with E-state index >= 15 is 0 Å². The maximum absolute atomic E-state index is 6.04. The molecule has 1 aromatic heterocycles. The summed E-state index contributed by atoms with van der Waals surface area (Å²) >= 11 is 6.04.